The minimum absolute atomic E-state index is 0.837. The average Bonchev–Trinajstić information content (AvgIpc) is 2.17. The molecule has 0 aromatic carbocycles. The summed E-state index contributed by atoms with van der Waals surface area (Å²) in [6.45, 7) is 4.83. The second kappa shape index (κ2) is 5.34. The van der Waals surface area contributed by atoms with Crippen LogP contribution in [0.1, 0.15) is 65.2 Å². The average molecular weight is 209 g/mol. The van der Waals surface area contributed by atoms with Gasteiger partial charge in [-0.2, -0.15) is 0 Å². The zero-order chi connectivity index (χ0) is 10.7. The van der Waals surface area contributed by atoms with Crippen LogP contribution in [0.4, 0.5) is 0 Å². The SMILES string of the molecule is C[C@@H]1CCC[C@H](N[C@H]2CCC[C@@H](C)C2)C1. The van der Waals surface area contributed by atoms with E-state index < -0.39 is 0 Å². The minimum Gasteiger partial charge on any atom is -0.311 e. The lowest BCUT2D eigenvalue weighted by molar-refractivity contribution is 0.232. The smallest absolute Gasteiger partial charge is 0.00721 e. The normalized spacial score (nSPS) is 42.8. The highest BCUT2D eigenvalue weighted by atomic mass is 15.0. The van der Waals surface area contributed by atoms with Crippen molar-refractivity contribution in [1.82, 2.24) is 5.32 Å². The van der Waals surface area contributed by atoms with Gasteiger partial charge in [0.1, 0.15) is 0 Å². The number of nitrogens with one attached hydrogen (secondary N) is 1. The molecule has 0 aromatic heterocycles. The monoisotopic (exact) mass is 209 g/mol. The first-order chi connectivity index (χ1) is 7.24. The van der Waals surface area contributed by atoms with Gasteiger partial charge in [-0.1, -0.05) is 39.5 Å². The van der Waals surface area contributed by atoms with Crippen LogP contribution in [0.5, 0.6) is 0 Å². The standard InChI is InChI=1S/C14H27N/c1-11-5-3-7-13(9-11)15-14-8-4-6-12(2)10-14/h11-15H,3-10H2,1-2H3/t11-,12-,13+,14+/m1/s1. The molecule has 15 heavy (non-hydrogen) atoms. The van der Waals surface area contributed by atoms with Gasteiger partial charge in [-0.15, -0.1) is 0 Å². The highest BCUT2D eigenvalue weighted by Crippen LogP contribution is 2.27. The molecule has 1 N–H and O–H groups in total. The van der Waals surface area contributed by atoms with Gasteiger partial charge in [0.2, 0.25) is 0 Å². The van der Waals surface area contributed by atoms with E-state index in [-0.39, 0.29) is 0 Å². The summed E-state index contributed by atoms with van der Waals surface area (Å²) >= 11 is 0. The van der Waals surface area contributed by atoms with Gasteiger partial charge in [0.15, 0.2) is 0 Å². The van der Waals surface area contributed by atoms with E-state index >= 15 is 0 Å². The molecule has 0 amide bonds. The van der Waals surface area contributed by atoms with E-state index in [0.29, 0.717) is 0 Å². The van der Waals surface area contributed by atoms with Gasteiger partial charge in [-0.25, -0.2) is 0 Å². The van der Waals surface area contributed by atoms with E-state index in [2.05, 4.69) is 19.2 Å². The molecule has 0 unspecified atom stereocenters. The summed E-state index contributed by atoms with van der Waals surface area (Å²) in [5.74, 6) is 1.91. The van der Waals surface area contributed by atoms with Gasteiger partial charge in [0, 0.05) is 12.1 Å². The maximum absolute atomic E-state index is 3.92. The Morgan fingerprint density at radius 2 is 1.20 bits per heavy atom. The third-order valence-corrected chi connectivity index (χ3v) is 4.34. The van der Waals surface area contributed by atoms with Crippen molar-refractivity contribution >= 4 is 0 Å². The molecular formula is C14H27N. The fraction of sp³-hybridized carbons (Fsp3) is 1.00. The van der Waals surface area contributed by atoms with Crippen molar-refractivity contribution in [2.45, 2.75) is 77.3 Å². The quantitative estimate of drug-likeness (QED) is 0.730. The molecular weight excluding hydrogens is 182 g/mol. The molecule has 2 fully saturated rings. The number of hydrogen-bond donors (Lipinski definition) is 1. The van der Waals surface area contributed by atoms with Crippen molar-refractivity contribution in [1.29, 1.82) is 0 Å². The summed E-state index contributed by atoms with van der Waals surface area (Å²) in [6, 6.07) is 1.67. The molecule has 2 rings (SSSR count). The Balaban J connectivity index is 1.75. The Labute approximate surface area is 95.0 Å². The summed E-state index contributed by atoms with van der Waals surface area (Å²) in [6.07, 6.45) is 11.5. The highest BCUT2D eigenvalue weighted by Gasteiger charge is 2.24. The first kappa shape index (κ1) is 11.4. The fourth-order valence-electron chi connectivity index (χ4n) is 3.50. The second-order valence-corrected chi connectivity index (χ2v) is 6.10. The number of rotatable bonds is 2. The molecule has 0 aliphatic heterocycles. The third-order valence-electron chi connectivity index (χ3n) is 4.34. The maximum atomic E-state index is 3.92. The summed E-state index contributed by atoms with van der Waals surface area (Å²) in [7, 11) is 0. The topological polar surface area (TPSA) is 12.0 Å². The Kier molecular flexibility index (Phi) is 4.07. The lowest BCUT2D eigenvalue weighted by Gasteiger charge is -2.34. The first-order valence-corrected chi connectivity index (χ1v) is 7.00. The molecule has 2 saturated carbocycles. The van der Waals surface area contributed by atoms with Gasteiger partial charge in [-0.3, -0.25) is 0 Å². The van der Waals surface area contributed by atoms with Crippen LogP contribution in [-0.2, 0) is 0 Å². The van der Waals surface area contributed by atoms with E-state index in [9.17, 15) is 0 Å². The van der Waals surface area contributed by atoms with Crippen molar-refractivity contribution < 1.29 is 0 Å². The van der Waals surface area contributed by atoms with Crippen LogP contribution in [0.15, 0.2) is 0 Å². The van der Waals surface area contributed by atoms with Crippen LogP contribution in [0, 0.1) is 11.8 Å². The summed E-state index contributed by atoms with van der Waals surface area (Å²) in [5, 5.41) is 3.92. The summed E-state index contributed by atoms with van der Waals surface area (Å²) in [4.78, 5) is 0. The predicted octanol–water partition coefficient (Wildman–Crippen LogP) is 3.73. The molecule has 0 bridgehead atoms. The van der Waals surface area contributed by atoms with E-state index in [1.807, 2.05) is 0 Å². The van der Waals surface area contributed by atoms with Gasteiger partial charge in [0.05, 0.1) is 0 Å². The Morgan fingerprint density at radius 3 is 1.60 bits per heavy atom. The number of hydrogen-bond acceptors (Lipinski definition) is 1. The molecule has 2 aliphatic rings. The van der Waals surface area contributed by atoms with Crippen LogP contribution in [0.25, 0.3) is 0 Å². The van der Waals surface area contributed by atoms with E-state index in [1.165, 1.54) is 51.4 Å². The summed E-state index contributed by atoms with van der Waals surface area (Å²) in [5.41, 5.74) is 0. The fourth-order valence-corrected chi connectivity index (χ4v) is 3.50. The zero-order valence-electron chi connectivity index (χ0n) is 10.5. The van der Waals surface area contributed by atoms with Gasteiger partial charge < -0.3 is 5.32 Å². The lowest BCUT2D eigenvalue weighted by Crippen LogP contribution is -2.42. The van der Waals surface area contributed by atoms with E-state index in [0.717, 1.165) is 23.9 Å². The van der Waals surface area contributed by atoms with Crippen molar-refractivity contribution in [3.8, 4) is 0 Å². The largest absolute Gasteiger partial charge is 0.311 e. The van der Waals surface area contributed by atoms with Gasteiger partial charge in [0.25, 0.3) is 0 Å². The van der Waals surface area contributed by atoms with Crippen LogP contribution < -0.4 is 5.32 Å². The Hall–Kier alpha value is -0.0400. The van der Waals surface area contributed by atoms with Crippen molar-refractivity contribution in [2.75, 3.05) is 0 Å². The molecule has 2 aliphatic carbocycles. The van der Waals surface area contributed by atoms with Crippen LogP contribution in [-0.4, -0.2) is 12.1 Å². The highest BCUT2D eigenvalue weighted by molar-refractivity contribution is 4.82. The van der Waals surface area contributed by atoms with E-state index in [4.69, 9.17) is 0 Å². The third kappa shape index (κ3) is 3.48. The molecule has 0 aromatic rings. The van der Waals surface area contributed by atoms with E-state index in [1.54, 1.807) is 0 Å². The molecule has 0 radical (unpaired) electrons. The molecule has 0 heterocycles. The maximum Gasteiger partial charge on any atom is 0.00721 e. The molecule has 4 atom stereocenters. The summed E-state index contributed by atoms with van der Waals surface area (Å²) < 4.78 is 0. The molecule has 1 heteroatoms. The molecule has 88 valence electrons. The molecule has 1 nitrogen and oxygen atoms in total. The molecule has 0 spiro atoms. The Morgan fingerprint density at radius 1 is 0.733 bits per heavy atom. The van der Waals surface area contributed by atoms with Crippen LogP contribution in [0.2, 0.25) is 0 Å². The van der Waals surface area contributed by atoms with Crippen molar-refractivity contribution in [3.63, 3.8) is 0 Å². The lowest BCUT2D eigenvalue weighted by atomic mass is 9.83. The zero-order valence-corrected chi connectivity index (χ0v) is 10.5. The van der Waals surface area contributed by atoms with Crippen molar-refractivity contribution in [2.24, 2.45) is 11.8 Å². The van der Waals surface area contributed by atoms with Crippen molar-refractivity contribution in [3.05, 3.63) is 0 Å². The molecule has 0 saturated heterocycles. The second-order valence-electron chi connectivity index (χ2n) is 6.10. The first-order valence-electron chi connectivity index (χ1n) is 7.00. The Bertz CT molecular complexity index is 170. The van der Waals surface area contributed by atoms with Gasteiger partial charge in [-0.05, 0) is 37.5 Å². The van der Waals surface area contributed by atoms with Crippen LogP contribution >= 0.6 is 0 Å². The minimum atomic E-state index is 0.837. The van der Waals surface area contributed by atoms with Crippen LogP contribution in [0.3, 0.4) is 0 Å². The predicted molar refractivity (Wildman–Crippen MR) is 66.0 cm³/mol. The van der Waals surface area contributed by atoms with Gasteiger partial charge >= 0.3 is 0 Å².